The van der Waals surface area contributed by atoms with Gasteiger partial charge in [-0.2, -0.15) is 0 Å². The fraction of sp³-hybridized carbons (Fsp3) is 0.182. The van der Waals surface area contributed by atoms with Crippen LogP contribution < -0.4 is 10.5 Å². The number of hydrogen-bond acceptors (Lipinski definition) is 5. The van der Waals surface area contributed by atoms with E-state index in [0.29, 0.717) is 28.4 Å². The second-order valence-corrected chi connectivity index (χ2v) is 8.14. The fourth-order valence-corrected chi connectivity index (χ4v) is 4.31. The zero-order chi connectivity index (χ0) is 21.3. The standard InChI is InChI=1S/C22H21N5O2S/c1-4-14-26-20(29)17-12-8-9-13-18(17)27-21(26)23-24-22(27)30-15(2)19(28)25(3)16-10-6-5-7-11-16/h4-13,15H,1,14H2,2-3H3/t15-/m0/s1. The number of carbonyl (C=O) groups excluding carboxylic acids is 1. The van der Waals surface area contributed by atoms with E-state index in [4.69, 9.17) is 0 Å². The molecule has 2 aromatic heterocycles. The van der Waals surface area contributed by atoms with Crippen molar-refractivity contribution in [1.29, 1.82) is 0 Å². The van der Waals surface area contributed by atoms with Crippen molar-refractivity contribution in [3.05, 3.63) is 77.6 Å². The number of aromatic nitrogens is 4. The van der Waals surface area contributed by atoms with Gasteiger partial charge < -0.3 is 4.90 Å². The van der Waals surface area contributed by atoms with Crippen molar-refractivity contribution >= 4 is 40.0 Å². The summed E-state index contributed by atoms with van der Waals surface area (Å²) in [6.45, 7) is 5.90. The van der Waals surface area contributed by atoms with Gasteiger partial charge in [-0.25, -0.2) is 0 Å². The second kappa shape index (κ2) is 8.16. The molecule has 0 N–H and O–H groups in total. The number of allylic oxidation sites excluding steroid dienone is 1. The number of fused-ring (bicyclic) bond motifs is 3. The third kappa shape index (κ3) is 3.39. The molecule has 0 radical (unpaired) electrons. The largest absolute Gasteiger partial charge is 0.315 e. The van der Waals surface area contributed by atoms with Crippen molar-refractivity contribution in [2.45, 2.75) is 23.9 Å². The number of amides is 1. The summed E-state index contributed by atoms with van der Waals surface area (Å²) in [7, 11) is 1.76. The maximum atomic E-state index is 13.0. The number of para-hydroxylation sites is 2. The predicted molar refractivity (Wildman–Crippen MR) is 120 cm³/mol. The molecule has 2 aromatic carbocycles. The van der Waals surface area contributed by atoms with E-state index in [0.717, 1.165) is 5.69 Å². The molecule has 0 aliphatic rings. The topological polar surface area (TPSA) is 72.5 Å². The average molecular weight is 420 g/mol. The molecule has 0 bridgehead atoms. The third-order valence-electron chi connectivity index (χ3n) is 4.89. The molecule has 0 unspecified atom stereocenters. The Balaban J connectivity index is 1.76. The molecule has 4 aromatic rings. The van der Waals surface area contributed by atoms with Gasteiger partial charge in [-0.3, -0.25) is 18.6 Å². The monoisotopic (exact) mass is 419 g/mol. The van der Waals surface area contributed by atoms with E-state index in [1.54, 1.807) is 24.1 Å². The number of carbonyl (C=O) groups is 1. The summed E-state index contributed by atoms with van der Waals surface area (Å²) in [4.78, 5) is 27.5. The highest BCUT2D eigenvalue weighted by Gasteiger charge is 2.24. The Bertz CT molecular complexity index is 1300. The van der Waals surface area contributed by atoms with Crippen LogP contribution in [0.4, 0.5) is 5.69 Å². The molecule has 0 aliphatic carbocycles. The van der Waals surface area contributed by atoms with Gasteiger partial charge in [0.15, 0.2) is 5.16 Å². The van der Waals surface area contributed by atoms with Crippen LogP contribution in [-0.4, -0.2) is 37.4 Å². The van der Waals surface area contributed by atoms with E-state index in [2.05, 4.69) is 16.8 Å². The van der Waals surface area contributed by atoms with Crippen LogP contribution in [0.15, 0.2) is 77.2 Å². The van der Waals surface area contributed by atoms with Gasteiger partial charge in [-0.05, 0) is 31.2 Å². The molecule has 30 heavy (non-hydrogen) atoms. The van der Waals surface area contributed by atoms with Gasteiger partial charge in [-0.15, -0.1) is 16.8 Å². The van der Waals surface area contributed by atoms with Crippen LogP contribution in [0.3, 0.4) is 0 Å². The van der Waals surface area contributed by atoms with Crippen LogP contribution in [0.2, 0.25) is 0 Å². The molecular weight excluding hydrogens is 398 g/mol. The summed E-state index contributed by atoms with van der Waals surface area (Å²) in [5, 5.41) is 9.26. The Hall–Kier alpha value is -3.39. The Kier molecular flexibility index (Phi) is 5.41. The molecule has 7 nitrogen and oxygen atoms in total. The van der Waals surface area contributed by atoms with E-state index in [9.17, 15) is 9.59 Å². The summed E-state index contributed by atoms with van der Waals surface area (Å²) >= 11 is 1.32. The quantitative estimate of drug-likeness (QED) is 0.354. The summed E-state index contributed by atoms with van der Waals surface area (Å²) in [5.41, 5.74) is 1.39. The van der Waals surface area contributed by atoms with Crippen molar-refractivity contribution in [2.75, 3.05) is 11.9 Å². The predicted octanol–water partition coefficient (Wildman–Crippen LogP) is 3.37. The maximum Gasteiger partial charge on any atom is 0.263 e. The van der Waals surface area contributed by atoms with Gasteiger partial charge in [0.2, 0.25) is 11.7 Å². The highest BCUT2D eigenvalue weighted by molar-refractivity contribution is 8.00. The highest BCUT2D eigenvalue weighted by Crippen LogP contribution is 2.27. The first-order chi connectivity index (χ1) is 14.5. The van der Waals surface area contributed by atoms with Gasteiger partial charge in [0, 0.05) is 19.3 Å². The number of thioether (sulfide) groups is 1. The van der Waals surface area contributed by atoms with Crippen LogP contribution in [-0.2, 0) is 11.3 Å². The van der Waals surface area contributed by atoms with Crippen LogP contribution in [0.25, 0.3) is 16.7 Å². The van der Waals surface area contributed by atoms with Crippen LogP contribution in [0.5, 0.6) is 0 Å². The minimum Gasteiger partial charge on any atom is -0.315 e. The van der Waals surface area contributed by atoms with E-state index in [1.807, 2.05) is 59.9 Å². The lowest BCUT2D eigenvalue weighted by molar-refractivity contribution is -0.117. The first-order valence-electron chi connectivity index (χ1n) is 9.49. The number of anilines is 1. The van der Waals surface area contributed by atoms with Gasteiger partial charge in [-0.1, -0.05) is 48.2 Å². The Morgan fingerprint density at radius 3 is 2.60 bits per heavy atom. The number of benzene rings is 2. The van der Waals surface area contributed by atoms with Crippen molar-refractivity contribution in [1.82, 2.24) is 19.2 Å². The molecular formula is C22H21N5O2S. The Morgan fingerprint density at radius 2 is 1.87 bits per heavy atom. The van der Waals surface area contributed by atoms with Gasteiger partial charge in [0.05, 0.1) is 16.2 Å². The molecule has 0 aliphatic heterocycles. The van der Waals surface area contributed by atoms with Crippen LogP contribution in [0.1, 0.15) is 6.92 Å². The first kappa shape index (κ1) is 19.9. The molecule has 8 heteroatoms. The minimum absolute atomic E-state index is 0.0494. The molecule has 152 valence electrons. The van der Waals surface area contributed by atoms with E-state index in [-0.39, 0.29) is 11.5 Å². The van der Waals surface area contributed by atoms with Crippen LogP contribution in [0, 0.1) is 0 Å². The molecule has 0 saturated heterocycles. The fourth-order valence-electron chi connectivity index (χ4n) is 3.36. The Labute approximate surface area is 177 Å². The molecule has 4 rings (SSSR count). The van der Waals surface area contributed by atoms with Crippen molar-refractivity contribution in [2.24, 2.45) is 0 Å². The summed E-state index contributed by atoms with van der Waals surface area (Å²) < 4.78 is 3.37. The molecule has 1 amide bonds. The van der Waals surface area contributed by atoms with Crippen molar-refractivity contribution in [3.63, 3.8) is 0 Å². The average Bonchev–Trinajstić information content (AvgIpc) is 3.19. The molecule has 2 heterocycles. The van der Waals surface area contributed by atoms with Gasteiger partial charge in [0.1, 0.15) is 0 Å². The SMILES string of the molecule is C=CCn1c(=O)c2ccccc2n2c(S[C@@H](C)C(=O)N(C)c3ccccc3)nnc12. The zero-order valence-electron chi connectivity index (χ0n) is 16.7. The summed E-state index contributed by atoms with van der Waals surface area (Å²) in [5.74, 6) is 0.379. The summed E-state index contributed by atoms with van der Waals surface area (Å²) in [6, 6.07) is 16.8. The lowest BCUT2D eigenvalue weighted by Gasteiger charge is -2.20. The molecule has 0 fully saturated rings. The summed E-state index contributed by atoms with van der Waals surface area (Å²) in [6.07, 6.45) is 1.65. The van der Waals surface area contributed by atoms with Gasteiger partial charge in [0.25, 0.3) is 5.56 Å². The lowest BCUT2D eigenvalue weighted by atomic mass is 10.2. The highest BCUT2D eigenvalue weighted by atomic mass is 32.2. The zero-order valence-corrected chi connectivity index (χ0v) is 17.5. The first-order valence-corrected chi connectivity index (χ1v) is 10.4. The number of nitrogens with zero attached hydrogens (tertiary/aromatic N) is 5. The van der Waals surface area contributed by atoms with E-state index >= 15 is 0 Å². The van der Waals surface area contributed by atoms with Gasteiger partial charge >= 0.3 is 0 Å². The van der Waals surface area contributed by atoms with E-state index in [1.165, 1.54) is 16.3 Å². The Morgan fingerprint density at radius 1 is 1.17 bits per heavy atom. The van der Waals surface area contributed by atoms with Crippen molar-refractivity contribution < 1.29 is 4.79 Å². The lowest BCUT2D eigenvalue weighted by Crippen LogP contribution is -2.33. The molecule has 0 saturated carbocycles. The van der Waals surface area contributed by atoms with Crippen molar-refractivity contribution in [3.8, 4) is 0 Å². The third-order valence-corrected chi connectivity index (χ3v) is 5.92. The normalized spacial score (nSPS) is 12.2. The maximum absolute atomic E-state index is 13.0. The molecule has 0 spiro atoms. The molecule has 1 atom stereocenters. The smallest absolute Gasteiger partial charge is 0.263 e. The number of rotatable bonds is 6. The minimum atomic E-state index is -0.402. The van der Waals surface area contributed by atoms with E-state index < -0.39 is 5.25 Å². The second-order valence-electron chi connectivity index (χ2n) is 6.83. The van der Waals surface area contributed by atoms with Crippen LogP contribution >= 0.6 is 11.8 Å². The number of hydrogen-bond donors (Lipinski definition) is 0.